The van der Waals surface area contributed by atoms with Crippen LogP contribution in [0.1, 0.15) is 28.3 Å². The first-order valence-corrected chi connectivity index (χ1v) is 7.10. The Bertz CT molecular complexity index is 617. The Morgan fingerprint density at radius 1 is 1.05 bits per heavy atom. The summed E-state index contributed by atoms with van der Waals surface area (Å²) in [6.07, 6.45) is 0.629. The van der Waals surface area contributed by atoms with Gasteiger partial charge in [-0.3, -0.25) is 0 Å². The molecule has 2 aromatic rings. The third-order valence-corrected chi connectivity index (χ3v) is 4.11. The third-order valence-electron chi connectivity index (χ3n) is 3.37. The van der Waals surface area contributed by atoms with Crippen LogP contribution < -0.4 is 5.73 Å². The van der Waals surface area contributed by atoms with Gasteiger partial charge in [-0.25, -0.2) is 4.39 Å². The zero-order chi connectivity index (χ0) is 14.9. The van der Waals surface area contributed by atoms with Crippen LogP contribution in [-0.2, 0) is 6.42 Å². The molecule has 0 aliphatic carbocycles. The second kappa shape index (κ2) is 6.13. The third kappa shape index (κ3) is 3.32. The molecule has 0 aromatic heterocycles. The van der Waals surface area contributed by atoms with Gasteiger partial charge in [0, 0.05) is 6.04 Å². The van der Waals surface area contributed by atoms with E-state index in [2.05, 4.69) is 0 Å². The van der Waals surface area contributed by atoms with E-state index in [0.717, 1.165) is 22.3 Å². The Hall–Kier alpha value is -1.09. The molecule has 1 unspecified atom stereocenters. The van der Waals surface area contributed by atoms with Crippen LogP contribution >= 0.6 is 23.2 Å². The fourth-order valence-corrected chi connectivity index (χ4v) is 2.85. The molecule has 2 N–H and O–H groups in total. The second-order valence-corrected chi connectivity index (χ2v) is 5.83. The van der Waals surface area contributed by atoms with Crippen LogP contribution in [0.2, 0.25) is 10.0 Å². The van der Waals surface area contributed by atoms with Crippen LogP contribution in [0.4, 0.5) is 4.39 Å². The molecule has 0 fully saturated rings. The van der Waals surface area contributed by atoms with Crippen molar-refractivity contribution < 1.29 is 4.39 Å². The molecule has 20 heavy (non-hydrogen) atoms. The molecule has 0 bridgehead atoms. The molecule has 0 saturated heterocycles. The van der Waals surface area contributed by atoms with Crippen LogP contribution in [0.15, 0.2) is 30.3 Å². The van der Waals surface area contributed by atoms with E-state index in [4.69, 9.17) is 28.9 Å². The quantitative estimate of drug-likeness (QED) is 0.849. The highest BCUT2D eigenvalue weighted by molar-refractivity contribution is 6.42. The minimum atomic E-state index is -0.231. The predicted molar refractivity (Wildman–Crippen MR) is 83.0 cm³/mol. The standard InChI is InChI=1S/C16H16Cl2FN/c1-9-5-12(19)6-10(2)16(9)15(20)8-11-3-4-13(17)14(18)7-11/h3-7,15H,8,20H2,1-2H3. The average molecular weight is 312 g/mol. The first-order chi connectivity index (χ1) is 9.38. The molecule has 0 heterocycles. The summed E-state index contributed by atoms with van der Waals surface area (Å²) >= 11 is 11.9. The molecule has 1 nitrogen and oxygen atoms in total. The maximum atomic E-state index is 13.3. The number of halogens is 3. The van der Waals surface area contributed by atoms with Crippen molar-refractivity contribution >= 4 is 23.2 Å². The van der Waals surface area contributed by atoms with Gasteiger partial charge < -0.3 is 5.73 Å². The summed E-state index contributed by atoms with van der Waals surface area (Å²) in [5.74, 6) is -0.231. The summed E-state index contributed by atoms with van der Waals surface area (Å²) in [6.45, 7) is 3.75. The average Bonchev–Trinajstić information content (AvgIpc) is 2.32. The fourth-order valence-electron chi connectivity index (χ4n) is 2.53. The van der Waals surface area contributed by atoms with Crippen LogP contribution in [0.5, 0.6) is 0 Å². The van der Waals surface area contributed by atoms with Gasteiger partial charge in [0.1, 0.15) is 5.82 Å². The van der Waals surface area contributed by atoms with Crippen LogP contribution in [0.3, 0.4) is 0 Å². The molecule has 106 valence electrons. The van der Waals surface area contributed by atoms with Crippen molar-refractivity contribution in [1.82, 2.24) is 0 Å². The van der Waals surface area contributed by atoms with E-state index in [0.29, 0.717) is 16.5 Å². The van der Waals surface area contributed by atoms with Gasteiger partial charge in [0.25, 0.3) is 0 Å². The topological polar surface area (TPSA) is 26.0 Å². The van der Waals surface area contributed by atoms with Gasteiger partial charge in [-0.1, -0.05) is 29.3 Å². The van der Waals surface area contributed by atoms with Crippen LogP contribution in [-0.4, -0.2) is 0 Å². The van der Waals surface area contributed by atoms with E-state index in [1.54, 1.807) is 6.07 Å². The van der Waals surface area contributed by atoms with E-state index in [1.807, 2.05) is 26.0 Å². The van der Waals surface area contributed by atoms with E-state index < -0.39 is 0 Å². The molecule has 0 radical (unpaired) electrons. The van der Waals surface area contributed by atoms with Gasteiger partial charge in [0.15, 0.2) is 0 Å². The molecular weight excluding hydrogens is 296 g/mol. The number of rotatable bonds is 3. The minimum absolute atomic E-state index is 0.201. The molecule has 2 aromatic carbocycles. The van der Waals surface area contributed by atoms with Crippen molar-refractivity contribution in [3.05, 3.63) is 68.4 Å². The molecule has 0 saturated carbocycles. The van der Waals surface area contributed by atoms with Crippen molar-refractivity contribution in [2.75, 3.05) is 0 Å². The van der Waals surface area contributed by atoms with E-state index in [1.165, 1.54) is 12.1 Å². The number of benzene rings is 2. The Balaban J connectivity index is 2.28. The van der Waals surface area contributed by atoms with Crippen molar-refractivity contribution in [3.63, 3.8) is 0 Å². The van der Waals surface area contributed by atoms with Gasteiger partial charge in [0.05, 0.1) is 10.0 Å². The Morgan fingerprint density at radius 2 is 1.65 bits per heavy atom. The zero-order valence-electron chi connectivity index (χ0n) is 11.4. The summed E-state index contributed by atoms with van der Waals surface area (Å²) in [4.78, 5) is 0. The first-order valence-electron chi connectivity index (χ1n) is 6.34. The number of aryl methyl sites for hydroxylation is 2. The Morgan fingerprint density at radius 3 is 2.20 bits per heavy atom. The van der Waals surface area contributed by atoms with Gasteiger partial charge >= 0.3 is 0 Å². The van der Waals surface area contributed by atoms with E-state index in [9.17, 15) is 4.39 Å². The van der Waals surface area contributed by atoms with Gasteiger partial charge in [-0.05, 0) is 66.8 Å². The monoisotopic (exact) mass is 311 g/mol. The summed E-state index contributed by atoms with van der Waals surface area (Å²) in [6, 6.07) is 8.30. The second-order valence-electron chi connectivity index (χ2n) is 5.01. The first kappa shape index (κ1) is 15.3. The van der Waals surface area contributed by atoms with Crippen molar-refractivity contribution in [3.8, 4) is 0 Å². The zero-order valence-corrected chi connectivity index (χ0v) is 12.9. The molecule has 0 amide bonds. The fraction of sp³-hybridized carbons (Fsp3) is 0.250. The molecule has 0 spiro atoms. The predicted octanol–water partition coefficient (Wildman–Crippen LogP) is 4.99. The normalized spacial score (nSPS) is 12.5. The van der Waals surface area contributed by atoms with E-state index in [-0.39, 0.29) is 11.9 Å². The Labute approximate surface area is 128 Å². The maximum absolute atomic E-state index is 13.3. The minimum Gasteiger partial charge on any atom is -0.324 e. The van der Waals surface area contributed by atoms with Crippen molar-refractivity contribution in [2.45, 2.75) is 26.3 Å². The molecular formula is C16H16Cl2FN. The highest BCUT2D eigenvalue weighted by Gasteiger charge is 2.14. The molecule has 4 heteroatoms. The smallest absolute Gasteiger partial charge is 0.123 e. The SMILES string of the molecule is Cc1cc(F)cc(C)c1C(N)Cc1ccc(Cl)c(Cl)c1. The summed E-state index contributed by atoms with van der Waals surface area (Å²) < 4.78 is 13.3. The largest absolute Gasteiger partial charge is 0.324 e. The lowest BCUT2D eigenvalue weighted by atomic mass is 9.92. The number of hydrogen-bond acceptors (Lipinski definition) is 1. The van der Waals surface area contributed by atoms with E-state index >= 15 is 0 Å². The molecule has 1 atom stereocenters. The molecule has 0 aliphatic rings. The summed E-state index contributed by atoms with van der Waals surface area (Å²) in [5, 5.41) is 1.04. The van der Waals surface area contributed by atoms with Crippen molar-refractivity contribution in [2.24, 2.45) is 5.73 Å². The van der Waals surface area contributed by atoms with Crippen LogP contribution in [0, 0.1) is 19.7 Å². The van der Waals surface area contributed by atoms with Crippen molar-refractivity contribution in [1.29, 1.82) is 0 Å². The van der Waals surface area contributed by atoms with Gasteiger partial charge in [-0.2, -0.15) is 0 Å². The summed E-state index contributed by atoms with van der Waals surface area (Å²) in [5.41, 5.74) is 10.0. The molecule has 2 rings (SSSR count). The number of nitrogens with two attached hydrogens (primary N) is 1. The van der Waals surface area contributed by atoms with Gasteiger partial charge in [-0.15, -0.1) is 0 Å². The summed E-state index contributed by atoms with van der Waals surface area (Å²) in [7, 11) is 0. The lowest BCUT2D eigenvalue weighted by Gasteiger charge is -2.18. The lowest BCUT2D eigenvalue weighted by Crippen LogP contribution is -2.16. The lowest BCUT2D eigenvalue weighted by molar-refractivity contribution is 0.620. The van der Waals surface area contributed by atoms with Crippen LogP contribution in [0.25, 0.3) is 0 Å². The maximum Gasteiger partial charge on any atom is 0.123 e. The number of hydrogen-bond donors (Lipinski definition) is 1. The highest BCUT2D eigenvalue weighted by Crippen LogP contribution is 2.27. The molecule has 0 aliphatic heterocycles. The highest BCUT2D eigenvalue weighted by atomic mass is 35.5. The van der Waals surface area contributed by atoms with Gasteiger partial charge in [0.2, 0.25) is 0 Å². The Kier molecular flexibility index (Phi) is 4.69.